The Balaban J connectivity index is 1.76. The largest absolute Gasteiger partial charge is 0.376 e. The van der Waals surface area contributed by atoms with E-state index < -0.39 is 5.91 Å². The number of hydrogen-bond acceptors (Lipinski definition) is 5. The van der Waals surface area contributed by atoms with Crippen molar-refractivity contribution in [2.45, 2.75) is 31.4 Å². The molecule has 0 unspecified atom stereocenters. The lowest BCUT2D eigenvalue weighted by Crippen LogP contribution is -2.44. The summed E-state index contributed by atoms with van der Waals surface area (Å²) < 4.78 is 5.70. The number of hydrogen-bond donors (Lipinski definition) is 1. The van der Waals surface area contributed by atoms with Gasteiger partial charge in [-0.3, -0.25) is 9.59 Å². The molecule has 22 heavy (non-hydrogen) atoms. The van der Waals surface area contributed by atoms with Gasteiger partial charge in [0.15, 0.2) is 0 Å². The molecule has 0 aromatic carbocycles. The maximum absolute atomic E-state index is 12.9. The van der Waals surface area contributed by atoms with Crippen molar-refractivity contribution in [2.75, 3.05) is 24.7 Å². The van der Waals surface area contributed by atoms with Crippen LogP contribution in [0.25, 0.3) is 0 Å². The molecule has 5 nitrogen and oxygen atoms in total. The Hall–Kier alpha value is -1.05. The number of carbonyl (C=O) groups is 2. The number of carbonyl (C=O) groups excluding carboxylic acids is 2. The fourth-order valence-corrected chi connectivity index (χ4v) is 4.97. The van der Waals surface area contributed by atoms with Crippen molar-refractivity contribution >= 4 is 34.9 Å². The summed E-state index contributed by atoms with van der Waals surface area (Å²) in [5, 5.41) is 1.66. The molecule has 2 N–H and O–H groups in total. The van der Waals surface area contributed by atoms with E-state index in [1.807, 2.05) is 16.7 Å². The lowest BCUT2D eigenvalue weighted by atomic mass is 10.1. The van der Waals surface area contributed by atoms with Crippen LogP contribution in [-0.4, -0.2) is 53.5 Å². The molecule has 0 bridgehead atoms. The molecule has 0 radical (unpaired) electrons. The summed E-state index contributed by atoms with van der Waals surface area (Å²) in [6.45, 7) is 1.44. The topological polar surface area (TPSA) is 72.6 Å². The van der Waals surface area contributed by atoms with Gasteiger partial charge in [0.05, 0.1) is 16.5 Å². The maximum Gasteiger partial charge on any atom is 0.264 e. The van der Waals surface area contributed by atoms with E-state index in [0.29, 0.717) is 17.0 Å². The number of thiophene rings is 1. The highest BCUT2D eigenvalue weighted by atomic mass is 32.2. The van der Waals surface area contributed by atoms with E-state index in [4.69, 9.17) is 10.5 Å². The molecule has 3 rings (SSSR count). The molecular weight excluding hydrogens is 320 g/mol. The molecule has 2 aliphatic heterocycles. The van der Waals surface area contributed by atoms with Gasteiger partial charge in [-0.1, -0.05) is 0 Å². The standard InChI is InChI=1S/C15H20N2O3S2/c16-14(18)10-6-13(22-8-10)15(19)17(11-3-5-21-9-11)7-12-2-1-4-20-12/h6,8,11-12H,1-5,7,9H2,(H2,16,18)/t11-,12+/m0/s1. The van der Waals surface area contributed by atoms with Gasteiger partial charge in [-0.15, -0.1) is 11.3 Å². The number of amides is 2. The quantitative estimate of drug-likeness (QED) is 0.889. The first-order valence-corrected chi connectivity index (χ1v) is 9.57. The van der Waals surface area contributed by atoms with Crippen molar-refractivity contribution in [1.29, 1.82) is 0 Å². The number of rotatable bonds is 5. The molecule has 0 spiro atoms. The fourth-order valence-electron chi connectivity index (χ4n) is 2.89. The van der Waals surface area contributed by atoms with Gasteiger partial charge in [0.1, 0.15) is 0 Å². The van der Waals surface area contributed by atoms with E-state index in [-0.39, 0.29) is 18.1 Å². The van der Waals surface area contributed by atoms with Gasteiger partial charge in [0.2, 0.25) is 5.91 Å². The van der Waals surface area contributed by atoms with Crippen LogP contribution in [0.2, 0.25) is 0 Å². The Morgan fingerprint density at radius 1 is 1.41 bits per heavy atom. The molecule has 0 aliphatic carbocycles. The average Bonchev–Trinajstić information content (AvgIpc) is 3.24. The molecule has 2 fully saturated rings. The zero-order valence-electron chi connectivity index (χ0n) is 12.3. The highest BCUT2D eigenvalue weighted by Gasteiger charge is 2.31. The minimum Gasteiger partial charge on any atom is -0.376 e. The SMILES string of the molecule is NC(=O)c1csc(C(=O)N(C[C@H]2CCCO2)[C@H]2CCSC2)c1. The van der Waals surface area contributed by atoms with E-state index in [2.05, 4.69) is 0 Å². The Kier molecular flexibility index (Phi) is 5.05. The van der Waals surface area contributed by atoms with Crippen molar-refractivity contribution in [3.05, 3.63) is 21.9 Å². The second kappa shape index (κ2) is 7.02. The second-order valence-corrected chi connectivity index (χ2v) is 7.73. The normalized spacial score (nSPS) is 24.5. The second-order valence-electron chi connectivity index (χ2n) is 5.67. The molecule has 2 atom stereocenters. The van der Waals surface area contributed by atoms with Crippen LogP contribution in [0, 0.1) is 0 Å². The predicted molar refractivity (Wildman–Crippen MR) is 88.6 cm³/mol. The maximum atomic E-state index is 12.9. The highest BCUT2D eigenvalue weighted by molar-refractivity contribution is 7.99. The number of nitrogens with two attached hydrogens (primary N) is 1. The summed E-state index contributed by atoms with van der Waals surface area (Å²) in [5.41, 5.74) is 5.69. The van der Waals surface area contributed by atoms with Crippen molar-refractivity contribution < 1.29 is 14.3 Å². The summed E-state index contributed by atoms with van der Waals surface area (Å²) >= 11 is 3.18. The first kappa shape index (κ1) is 15.8. The molecule has 1 aromatic heterocycles. The minimum absolute atomic E-state index is 0.000463. The van der Waals surface area contributed by atoms with Crippen LogP contribution in [-0.2, 0) is 4.74 Å². The fraction of sp³-hybridized carbons (Fsp3) is 0.600. The van der Waals surface area contributed by atoms with Crippen molar-refractivity contribution in [1.82, 2.24) is 4.90 Å². The minimum atomic E-state index is -0.489. The van der Waals surface area contributed by atoms with Gasteiger partial charge >= 0.3 is 0 Å². The molecule has 120 valence electrons. The van der Waals surface area contributed by atoms with Crippen LogP contribution in [0.4, 0.5) is 0 Å². The van der Waals surface area contributed by atoms with Crippen LogP contribution >= 0.6 is 23.1 Å². The Bertz CT molecular complexity index is 549. The summed E-state index contributed by atoms with van der Waals surface area (Å²) in [4.78, 5) is 26.6. The summed E-state index contributed by atoms with van der Waals surface area (Å²) in [7, 11) is 0. The number of ether oxygens (including phenoxy) is 1. The molecule has 3 heterocycles. The Morgan fingerprint density at radius 2 is 2.27 bits per heavy atom. The molecule has 2 aliphatic rings. The summed E-state index contributed by atoms with van der Waals surface area (Å²) in [5.74, 6) is 1.58. The van der Waals surface area contributed by atoms with Crippen LogP contribution in [0.1, 0.15) is 39.3 Å². The Morgan fingerprint density at radius 3 is 2.86 bits per heavy atom. The van der Waals surface area contributed by atoms with Gasteiger partial charge in [0.25, 0.3) is 5.91 Å². The highest BCUT2D eigenvalue weighted by Crippen LogP contribution is 2.27. The zero-order chi connectivity index (χ0) is 15.5. The van der Waals surface area contributed by atoms with Gasteiger partial charge in [-0.2, -0.15) is 11.8 Å². The van der Waals surface area contributed by atoms with Gasteiger partial charge in [-0.25, -0.2) is 0 Å². The van der Waals surface area contributed by atoms with E-state index in [1.165, 1.54) is 11.3 Å². The van der Waals surface area contributed by atoms with Crippen LogP contribution in [0.5, 0.6) is 0 Å². The van der Waals surface area contributed by atoms with Gasteiger partial charge in [0, 0.05) is 30.3 Å². The Labute approximate surface area is 138 Å². The van der Waals surface area contributed by atoms with Crippen molar-refractivity contribution in [3.63, 3.8) is 0 Å². The van der Waals surface area contributed by atoms with Gasteiger partial charge < -0.3 is 15.4 Å². The third-order valence-corrected chi connectivity index (χ3v) is 6.19. The van der Waals surface area contributed by atoms with Crippen LogP contribution in [0.15, 0.2) is 11.4 Å². The first-order chi connectivity index (χ1) is 10.6. The molecule has 0 saturated carbocycles. The number of nitrogens with zero attached hydrogens (tertiary/aromatic N) is 1. The summed E-state index contributed by atoms with van der Waals surface area (Å²) in [6, 6.07) is 1.88. The monoisotopic (exact) mass is 340 g/mol. The van der Waals surface area contributed by atoms with E-state index in [1.54, 1.807) is 11.4 Å². The first-order valence-electron chi connectivity index (χ1n) is 7.54. The molecule has 1 aromatic rings. The van der Waals surface area contributed by atoms with E-state index in [0.717, 1.165) is 37.4 Å². The zero-order valence-corrected chi connectivity index (χ0v) is 14.0. The van der Waals surface area contributed by atoms with Crippen LogP contribution < -0.4 is 5.73 Å². The lowest BCUT2D eigenvalue weighted by Gasteiger charge is -2.30. The van der Waals surface area contributed by atoms with Crippen molar-refractivity contribution in [2.24, 2.45) is 5.73 Å². The van der Waals surface area contributed by atoms with Crippen molar-refractivity contribution in [3.8, 4) is 0 Å². The average molecular weight is 340 g/mol. The third-order valence-electron chi connectivity index (χ3n) is 4.13. The number of thioether (sulfide) groups is 1. The molecule has 7 heteroatoms. The third kappa shape index (κ3) is 3.47. The molecule has 2 amide bonds. The number of primary amides is 1. The molecular formula is C15H20N2O3S2. The van der Waals surface area contributed by atoms with Gasteiger partial charge in [-0.05, 0) is 31.1 Å². The molecule has 2 saturated heterocycles. The van der Waals surface area contributed by atoms with E-state index >= 15 is 0 Å². The predicted octanol–water partition coefficient (Wildman–Crippen LogP) is 1.97. The smallest absolute Gasteiger partial charge is 0.264 e. The van der Waals surface area contributed by atoms with E-state index in [9.17, 15) is 9.59 Å². The van der Waals surface area contributed by atoms with Crippen LogP contribution in [0.3, 0.4) is 0 Å². The summed E-state index contributed by atoms with van der Waals surface area (Å²) in [6.07, 6.45) is 3.25. The lowest BCUT2D eigenvalue weighted by molar-refractivity contribution is 0.0445.